The Labute approximate surface area is 157 Å². The van der Waals surface area contributed by atoms with Crippen LogP contribution in [0.2, 0.25) is 0 Å². The lowest BCUT2D eigenvalue weighted by Crippen LogP contribution is -2.13. The smallest absolute Gasteiger partial charge is 0.234 e. The van der Waals surface area contributed by atoms with E-state index in [1.165, 1.54) is 47.4 Å². The Morgan fingerprint density at radius 2 is 1.88 bits per heavy atom. The first kappa shape index (κ1) is 18.6. The van der Waals surface area contributed by atoms with Crippen LogP contribution in [0.1, 0.15) is 0 Å². The van der Waals surface area contributed by atoms with Gasteiger partial charge in [0.05, 0.1) is 27.9 Å². The van der Waals surface area contributed by atoms with Crippen molar-refractivity contribution < 1.29 is 17.6 Å². The zero-order valence-corrected chi connectivity index (χ0v) is 16.0. The number of fused-ring (bicyclic) bond motifs is 1. The molecule has 0 radical (unpaired) electrons. The molecule has 6 nitrogen and oxygen atoms in total. The molecule has 0 bridgehead atoms. The van der Waals surface area contributed by atoms with Gasteiger partial charge in [-0.2, -0.15) is 0 Å². The molecule has 10 heteroatoms. The fourth-order valence-corrected chi connectivity index (χ4v) is 4.56. The van der Waals surface area contributed by atoms with Crippen LogP contribution in [-0.2, 0) is 14.8 Å². The van der Waals surface area contributed by atoms with E-state index in [1.807, 2.05) is 0 Å². The maximum Gasteiger partial charge on any atom is 0.234 e. The molecule has 0 unspecified atom stereocenters. The first-order valence-corrected chi connectivity index (χ1v) is 11.0. The molecule has 0 aliphatic heterocycles. The van der Waals surface area contributed by atoms with Crippen LogP contribution >= 0.6 is 23.1 Å². The minimum absolute atomic E-state index is 0.158. The van der Waals surface area contributed by atoms with E-state index < -0.39 is 10.0 Å². The largest absolute Gasteiger partial charge is 0.325 e. The van der Waals surface area contributed by atoms with Gasteiger partial charge in [-0.1, -0.05) is 11.8 Å². The van der Waals surface area contributed by atoms with Crippen molar-refractivity contribution in [3.8, 4) is 0 Å². The van der Waals surface area contributed by atoms with E-state index >= 15 is 0 Å². The highest BCUT2D eigenvalue weighted by atomic mass is 32.2. The maximum atomic E-state index is 12.9. The highest BCUT2D eigenvalue weighted by Gasteiger charge is 2.10. The Balaban J connectivity index is 1.63. The topological polar surface area (TPSA) is 88.2 Å². The molecule has 0 saturated heterocycles. The minimum Gasteiger partial charge on any atom is -0.325 e. The van der Waals surface area contributed by atoms with Crippen LogP contribution < -0.4 is 10.0 Å². The Morgan fingerprint density at radius 3 is 2.58 bits per heavy atom. The van der Waals surface area contributed by atoms with E-state index in [1.54, 1.807) is 18.2 Å². The van der Waals surface area contributed by atoms with Gasteiger partial charge < -0.3 is 5.32 Å². The molecule has 0 spiro atoms. The number of hydrogen-bond acceptors (Lipinski definition) is 6. The zero-order chi connectivity index (χ0) is 18.7. The molecule has 0 saturated carbocycles. The maximum absolute atomic E-state index is 12.9. The van der Waals surface area contributed by atoms with Gasteiger partial charge in [-0.05, 0) is 42.5 Å². The highest BCUT2D eigenvalue weighted by molar-refractivity contribution is 8.01. The van der Waals surface area contributed by atoms with Crippen LogP contribution in [0.15, 0.2) is 46.8 Å². The molecule has 26 heavy (non-hydrogen) atoms. The Morgan fingerprint density at radius 1 is 1.19 bits per heavy atom. The summed E-state index contributed by atoms with van der Waals surface area (Å²) in [7, 11) is -3.34. The number of carbonyl (C=O) groups is 1. The third-order valence-electron chi connectivity index (χ3n) is 3.13. The fraction of sp³-hybridized carbons (Fsp3) is 0.125. The van der Waals surface area contributed by atoms with E-state index in [2.05, 4.69) is 15.0 Å². The number of aromatic nitrogens is 1. The second-order valence-electron chi connectivity index (χ2n) is 5.38. The van der Waals surface area contributed by atoms with Crippen LogP contribution in [0, 0.1) is 5.82 Å². The van der Waals surface area contributed by atoms with Crippen LogP contribution in [0.3, 0.4) is 0 Å². The molecule has 3 rings (SSSR count). The number of carbonyl (C=O) groups excluding carboxylic acids is 1. The minimum atomic E-state index is -3.34. The molecule has 1 amide bonds. The number of hydrogen-bond donors (Lipinski definition) is 2. The van der Waals surface area contributed by atoms with E-state index in [0.717, 1.165) is 16.5 Å². The molecule has 0 aliphatic carbocycles. The quantitative estimate of drug-likeness (QED) is 0.606. The Bertz CT molecular complexity index is 1050. The van der Waals surface area contributed by atoms with Crippen molar-refractivity contribution in [3.63, 3.8) is 0 Å². The summed E-state index contributed by atoms with van der Waals surface area (Å²) in [6.07, 6.45) is 1.09. The number of thioether (sulfide) groups is 1. The molecule has 0 fully saturated rings. The van der Waals surface area contributed by atoms with Gasteiger partial charge in [0.15, 0.2) is 4.34 Å². The molecule has 136 valence electrons. The van der Waals surface area contributed by atoms with Crippen molar-refractivity contribution in [2.75, 3.05) is 22.0 Å². The van der Waals surface area contributed by atoms with Gasteiger partial charge in [-0.15, -0.1) is 11.3 Å². The molecular formula is C16H14FN3O3S3. The molecule has 1 aromatic heterocycles. The number of thiazole rings is 1. The summed E-state index contributed by atoms with van der Waals surface area (Å²) in [4.78, 5) is 16.4. The van der Waals surface area contributed by atoms with E-state index in [0.29, 0.717) is 15.7 Å². The lowest BCUT2D eigenvalue weighted by molar-refractivity contribution is -0.113. The third kappa shape index (κ3) is 5.16. The average molecular weight is 412 g/mol. The molecule has 0 atom stereocenters. The number of amides is 1. The van der Waals surface area contributed by atoms with Crippen molar-refractivity contribution in [1.82, 2.24) is 4.98 Å². The van der Waals surface area contributed by atoms with Crippen molar-refractivity contribution in [2.45, 2.75) is 4.34 Å². The normalized spacial score (nSPS) is 11.5. The second kappa shape index (κ2) is 7.60. The second-order valence-corrected chi connectivity index (χ2v) is 9.38. The monoisotopic (exact) mass is 411 g/mol. The van der Waals surface area contributed by atoms with Crippen LogP contribution in [0.25, 0.3) is 10.2 Å². The third-order valence-corrected chi connectivity index (χ3v) is 5.89. The van der Waals surface area contributed by atoms with E-state index in [4.69, 9.17) is 0 Å². The Kier molecular flexibility index (Phi) is 5.44. The van der Waals surface area contributed by atoms with Crippen molar-refractivity contribution in [3.05, 3.63) is 48.3 Å². The summed E-state index contributed by atoms with van der Waals surface area (Å²) in [5.74, 6) is -0.428. The van der Waals surface area contributed by atoms with Crippen LogP contribution in [0.4, 0.5) is 15.8 Å². The summed E-state index contributed by atoms with van der Waals surface area (Å²) >= 11 is 2.65. The van der Waals surface area contributed by atoms with Crippen LogP contribution in [-0.4, -0.2) is 31.3 Å². The van der Waals surface area contributed by atoms with E-state index in [9.17, 15) is 17.6 Å². The van der Waals surface area contributed by atoms with Gasteiger partial charge in [0.1, 0.15) is 5.82 Å². The number of halogens is 1. The van der Waals surface area contributed by atoms with Gasteiger partial charge in [0, 0.05) is 5.69 Å². The van der Waals surface area contributed by atoms with E-state index in [-0.39, 0.29) is 17.5 Å². The number of nitrogens with one attached hydrogen (secondary N) is 2. The predicted octanol–water partition coefficient (Wildman–Crippen LogP) is 3.54. The average Bonchev–Trinajstić information content (AvgIpc) is 2.96. The standard InChI is InChI=1S/C16H14FN3O3S3/c1-26(22,23)20-12-6-7-13-14(8-12)25-16(19-13)24-9-15(21)18-11-4-2-10(17)3-5-11/h2-8,20H,9H2,1H3,(H,18,21). The number of rotatable bonds is 6. The van der Waals surface area contributed by atoms with Gasteiger partial charge in [-0.3, -0.25) is 9.52 Å². The molecule has 0 aliphatic rings. The summed E-state index contributed by atoms with van der Waals surface area (Å²) < 4.78 is 39.4. The number of anilines is 2. The molecule has 2 aromatic carbocycles. The number of nitrogens with zero attached hydrogens (tertiary/aromatic N) is 1. The van der Waals surface area contributed by atoms with Gasteiger partial charge >= 0.3 is 0 Å². The van der Waals surface area contributed by atoms with Crippen molar-refractivity contribution in [1.29, 1.82) is 0 Å². The van der Waals surface area contributed by atoms with Crippen molar-refractivity contribution in [2.24, 2.45) is 0 Å². The summed E-state index contributed by atoms with van der Waals surface area (Å²) in [6.45, 7) is 0. The molecular weight excluding hydrogens is 397 g/mol. The summed E-state index contributed by atoms with van der Waals surface area (Å²) in [6, 6.07) is 10.6. The lowest BCUT2D eigenvalue weighted by Gasteiger charge is -2.03. The summed E-state index contributed by atoms with van der Waals surface area (Å²) in [5.41, 5.74) is 1.72. The highest BCUT2D eigenvalue weighted by Crippen LogP contribution is 2.31. The number of sulfonamides is 1. The fourth-order valence-electron chi connectivity index (χ4n) is 2.10. The first-order chi connectivity index (χ1) is 12.3. The number of benzene rings is 2. The summed E-state index contributed by atoms with van der Waals surface area (Å²) in [5, 5.41) is 2.68. The zero-order valence-electron chi connectivity index (χ0n) is 13.5. The SMILES string of the molecule is CS(=O)(=O)Nc1ccc2nc(SCC(=O)Nc3ccc(F)cc3)sc2c1. The molecule has 1 heterocycles. The Hall–Kier alpha value is -2.17. The van der Waals surface area contributed by atoms with Crippen LogP contribution in [0.5, 0.6) is 0 Å². The molecule has 3 aromatic rings. The van der Waals surface area contributed by atoms with Crippen molar-refractivity contribution >= 4 is 60.6 Å². The molecule has 2 N–H and O–H groups in total. The predicted molar refractivity (Wildman–Crippen MR) is 104 cm³/mol. The first-order valence-electron chi connectivity index (χ1n) is 7.35. The van der Waals surface area contributed by atoms with Gasteiger partial charge in [0.2, 0.25) is 15.9 Å². The van der Waals surface area contributed by atoms with Gasteiger partial charge in [-0.25, -0.2) is 17.8 Å². The van der Waals surface area contributed by atoms with Gasteiger partial charge in [0.25, 0.3) is 0 Å². The lowest BCUT2D eigenvalue weighted by atomic mass is 10.3.